The predicted molar refractivity (Wildman–Crippen MR) is 122 cm³/mol. The van der Waals surface area contributed by atoms with Crippen molar-refractivity contribution in [2.24, 2.45) is 0 Å². The first kappa shape index (κ1) is 21.3. The molecule has 7 nitrogen and oxygen atoms in total. The van der Waals surface area contributed by atoms with Gasteiger partial charge in [-0.3, -0.25) is 4.79 Å². The summed E-state index contributed by atoms with van der Waals surface area (Å²) in [5.41, 5.74) is 4.96. The molecule has 1 aliphatic rings. The minimum atomic E-state index is -0.0508. The summed E-state index contributed by atoms with van der Waals surface area (Å²) in [6.45, 7) is 6.78. The molecular weight excluding hydrogens is 402 g/mol. The molecule has 3 aromatic rings. The average Bonchev–Trinajstić information content (AvgIpc) is 2.85. The van der Waals surface area contributed by atoms with Crippen molar-refractivity contribution in [3.8, 4) is 23.1 Å². The van der Waals surface area contributed by atoms with Gasteiger partial charge in [0.15, 0.2) is 12.4 Å². The van der Waals surface area contributed by atoms with Crippen molar-refractivity contribution in [3.63, 3.8) is 0 Å². The smallest absolute Gasteiger partial charge is 0.260 e. The van der Waals surface area contributed by atoms with Gasteiger partial charge in [-0.05, 0) is 67.4 Å². The maximum Gasteiger partial charge on any atom is 0.260 e. The van der Waals surface area contributed by atoms with Crippen LogP contribution in [0.3, 0.4) is 0 Å². The molecule has 0 N–H and O–H groups in total. The monoisotopic (exact) mass is 427 g/mol. The van der Waals surface area contributed by atoms with Crippen LogP contribution in [0.5, 0.6) is 5.75 Å². The van der Waals surface area contributed by atoms with E-state index in [1.165, 1.54) is 11.1 Å². The van der Waals surface area contributed by atoms with Gasteiger partial charge in [-0.15, -0.1) is 10.2 Å². The van der Waals surface area contributed by atoms with Gasteiger partial charge in [0, 0.05) is 31.7 Å². The van der Waals surface area contributed by atoms with Crippen LogP contribution in [0.25, 0.3) is 11.3 Å². The van der Waals surface area contributed by atoms with E-state index in [1.807, 2.05) is 12.1 Å². The molecule has 0 bridgehead atoms. The van der Waals surface area contributed by atoms with Crippen molar-refractivity contribution in [2.45, 2.75) is 13.8 Å². The number of nitrogens with zero attached hydrogens (tertiary/aromatic N) is 5. The van der Waals surface area contributed by atoms with Crippen molar-refractivity contribution in [2.75, 3.05) is 37.7 Å². The predicted octanol–water partition coefficient (Wildman–Crippen LogP) is 3.36. The fourth-order valence-electron chi connectivity index (χ4n) is 3.60. The van der Waals surface area contributed by atoms with Crippen molar-refractivity contribution < 1.29 is 9.53 Å². The van der Waals surface area contributed by atoms with Gasteiger partial charge < -0.3 is 14.5 Å². The van der Waals surface area contributed by atoms with Crippen LogP contribution in [0.4, 0.5) is 5.82 Å². The Morgan fingerprint density at radius 1 is 0.969 bits per heavy atom. The summed E-state index contributed by atoms with van der Waals surface area (Å²) >= 11 is 0. The standard InChI is InChI=1S/C25H25N5O2/c1-18-3-6-21(15-19(18)2)23-9-10-24(28-27-23)29-11-13-30(14-12-29)25(31)17-32-22-7-4-20(16-26)5-8-22/h3-10,15H,11-14,17H2,1-2H3. The molecule has 4 rings (SSSR count). The average molecular weight is 428 g/mol. The van der Waals surface area contributed by atoms with Gasteiger partial charge in [-0.1, -0.05) is 12.1 Å². The van der Waals surface area contributed by atoms with Gasteiger partial charge in [-0.25, -0.2) is 0 Å². The van der Waals surface area contributed by atoms with Crippen molar-refractivity contribution in [1.82, 2.24) is 15.1 Å². The highest BCUT2D eigenvalue weighted by Crippen LogP contribution is 2.22. The van der Waals surface area contributed by atoms with E-state index in [0.717, 1.165) is 17.1 Å². The highest BCUT2D eigenvalue weighted by molar-refractivity contribution is 5.78. The molecular formula is C25H25N5O2. The van der Waals surface area contributed by atoms with Gasteiger partial charge in [0.25, 0.3) is 5.91 Å². The maximum atomic E-state index is 12.5. The summed E-state index contributed by atoms with van der Waals surface area (Å²) in [7, 11) is 0. The molecule has 0 atom stereocenters. The van der Waals surface area contributed by atoms with E-state index in [1.54, 1.807) is 29.2 Å². The summed E-state index contributed by atoms with van der Waals surface area (Å²) in [6, 6.07) is 19.1. The number of rotatable bonds is 5. The van der Waals surface area contributed by atoms with E-state index >= 15 is 0 Å². The van der Waals surface area contributed by atoms with E-state index in [9.17, 15) is 4.79 Å². The van der Waals surface area contributed by atoms with Crippen LogP contribution in [0.2, 0.25) is 0 Å². The molecule has 2 heterocycles. The summed E-state index contributed by atoms with van der Waals surface area (Å²) < 4.78 is 5.57. The topological polar surface area (TPSA) is 82.4 Å². The number of carbonyl (C=O) groups excluding carboxylic acids is 1. The zero-order valence-electron chi connectivity index (χ0n) is 18.3. The Labute approximate surface area is 187 Å². The summed E-state index contributed by atoms with van der Waals surface area (Å²) in [5, 5.41) is 17.7. The molecule has 0 spiro atoms. The molecule has 0 aliphatic carbocycles. The van der Waals surface area contributed by atoms with Crippen molar-refractivity contribution in [1.29, 1.82) is 5.26 Å². The first-order valence-electron chi connectivity index (χ1n) is 10.6. The van der Waals surface area contributed by atoms with Gasteiger partial charge in [0.2, 0.25) is 0 Å². The van der Waals surface area contributed by atoms with E-state index in [-0.39, 0.29) is 12.5 Å². The number of nitriles is 1. The molecule has 1 amide bonds. The Morgan fingerprint density at radius 2 is 1.72 bits per heavy atom. The van der Waals surface area contributed by atoms with Crippen LogP contribution < -0.4 is 9.64 Å². The third-order valence-electron chi connectivity index (χ3n) is 5.76. The number of piperazine rings is 1. The summed E-state index contributed by atoms with van der Waals surface area (Å²) in [6.07, 6.45) is 0. The first-order chi connectivity index (χ1) is 15.5. The fourth-order valence-corrected chi connectivity index (χ4v) is 3.60. The SMILES string of the molecule is Cc1ccc(-c2ccc(N3CCN(C(=O)COc4ccc(C#N)cc4)CC3)nn2)cc1C. The lowest BCUT2D eigenvalue weighted by Crippen LogP contribution is -2.50. The number of aromatic nitrogens is 2. The van der Waals surface area contributed by atoms with Crippen LogP contribution in [0, 0.1) is 25.2 Å². The first-order valence-corrected chi connectivity index (χ1v) is 10.6. The number of hydrogen-bond donors (Lipinski definition) is 0. The molecule has 7 heteroatoms. The van der Waals surface area contributed by atoms with E-state index in [2.05, 4.69) is 53.2 Å². The molecule has 2 aromatic carbocycles. The van der Waals surface area contributed by atoms with Crippen LogP contribution in [0.1, 0.15) is 16.7 Å². The highest BCUT2D eigenvalue weighted by Gasteiger charge is 2.22. The van der Waals surface area contributed by atoms with Crippen molar-refractivity contribution in [3.05, 3.63) is 71.3 Å². The Morgan fingerprint density at radius 3 is 2.34 bits per heavy atom. The van der Waals surface area contributed by atoms with E-state index in [0.29, 0.717) is 37.5 Å². The Hall–Kier alpha value is -3.92. The van der Waals surface area contributed by atoms with E-state index in [4.69, 9.17) is 10.00 Å². The number of ether oxygens (including phenoxy) is 1. The number of hydrogen-bond acceptors (Lipinski definition) is 6. The van der Waals surface area contributed by atoms with Crippen molar-refractivity contribution >= 4 is 11.7 Å². The molecule has 32 heavy (non-hydrogen) atoms. The normalized spacial score (nSPS) is 13.5. The lowest BCUT2D eigenvalue weighted by Gasteiger charge is -2.35. The second-order valence-electron chi connectivity index (χ2n) is 7.87. The lowest BCUT2D eigenvalue weighted by atomic mass is 10.0. The zero-order valence-corrected chi connectivity index (χ0v) is 18.3. The maximum absolute atomic E-state index is 12.5. The van der Waals surface area contributed by atoms with Gasteiger partial charge >= 0.3 is 0 Å². The molecule has 0 saturated carbocycles. The quantitative estimate of drug-likeness (QED) is 0.621. The number of benzene rings is 2. The van der Waals surface area contributed by atoms with E-state index < -0.39 is 0 Å². The molecule has 1 aliphatic heterocycles. The van der Waals surface area contributed by atoms with Gasteiger partial charge in [0.1, 0.15) is 5.75 Å². The Balaban J connectivity index is 1.29. The molecule has 0 unspecified atom stereocenters. The molecule has 0 radical (unpaired) electrons. The number of aryl methyl sites for hydroxylation is 2. The third-order valence-corrected chi connectivity index (χ3v) is 5.76. The second-order valence-corrected chi connectivity index (χ2v) is 7.87. The molecule has 1 aromatic heterocycles. The fraction of sp³-hybridized carbons (Fsp3) is 0.280. The Kier molecular flexibility index (Phi) is 6.31. The minimum absolute atomic E-state index is 0.0175. The molecule has 162 valence electrons. The third kappa shape index (κ3) is 4.86. The molecule has 1 fully saturated rings. The Bertz CT molecular complexity index is 1130. The van der Waals surface area contributed by atoms with Crippen LogP contribution in [-0.4, -0.2) is 53.8 Å². The number of anilines is 1. The van der Waals surface area contributed by atoms with Gasteiger partial charge in [0.05, 0.1) is 17.3 Å². The minimum Gasteiger partial charge on any atom is -0.484 e. The summed E-state index contributed by atoms with van der Waals surface area (Å²) in [5.74, 6) is 1.35. The summed E-state index contributed by atoms with van der Waals surface area (Å²) in [4.78, 5) is 16.4. The van der Waals surface area contributed by atoms with Crippen LogP contribution in [-0.2, 0) is 4.79 Å². The number of carbonyl (C=O) groups is 1. The number of amides is 1. The van der Waals surface area contributed by atoms with Gasteiger partial charge in [-0.2, -0.15) is 5.26 Å². The zero-order chi connectivity index (χ0) is 22.5. The highest BCUT2D eigenvalue weighted by atomic mass is 16.5. The van der Waals surface area contributed by atoms with Crippen LogP contribution in [0.15, 0.2) is 54.6 Å². The van der Waals surface area contributed by atoms with Crippen LogP contribution >= 0.6 is 0 Å². The largest absolute Gasteiger partial charge is 0.484 e. The molecule has 1 saturated heterocycles. The lowest BCUT2D eigenvalue weighted by molar-refractivity contribution is -0.133. The second kappa shape index (κ2) is 9.48.